The van der Waals surface area contributed by atoms with Crippen LogP contribution in [0.2, 0.25) is 20.1 Å². The lowest BCUT2D eigenvalue weighted by Gasteiger charge is -2.34. The fourth-order valence-corrected chi connectivity index (χ4v) is 7.15. The van der Waals surface area contributed by atoms with E-state index in [-0.39, 0.29) is 44.7 Å². The molecule has 4 aromatic carbocycles. The number of nitrogens with one attached hydrogen (secondary N) is 1. The Bertz CT molecular complexity index is 1800. The second-order valence-electron chi connectivity index (χ2n) is 11.0. The lowest BCUT2D eigenvalue weighted by atomic mass is 10.0. The van der Waals surface area contributed by atoms with Gasteiger partial charge in [0.15, 0.2) is 0 Å². The molecule has 0 aromatic heterocycles. The Kier molecular flexibility index (Phi) is 12.0. The third-order valence-corrected chi connectivity index (χ3v) is 10.3. The molecule has 0 spiro atoms. The predicted octanol–water partition coefficient (Wildman–Crippen LogP) is 7.97. The van der Waals surface area contributed by atoms with Crippen LogP contribution < -0.4 is 9.62 Å². The third-order valence-electron chi connectivity index (χ3n) is 7.15. The van der Waals surface area contributed by atoms with Crippen LogP contribution in [0.15, 0.2) is 95.9 Å². The van der Waals surface area contributed by atoms with Gasteiger partial charge in [-0.15, -0.1) is 0 Å². The highest BCUT2D eigenvalue weighted by Gasteiger charge is 2.36. The number of carbonyl (C=O) groups excluding carboxylic acids is 2. The van der Waals surface area contributed by atoms with Gasteiger partial charge in [-0.2, -0.15) is 0 Å². The summed E-state index contributed by atoms with van der Waals surface area (Å²) in [5.41, 5.74) is 2.18. The number of hydrogen-bond donors (Lipinski definition) is 1. The molecule has 4 aromatic rings. The number of anilines is 1. The van der Waals surface area contributed by atoms with Gasteiger partial charge in [-0.3, -0.25) is 13.9 Å². The second kappa shape index (κ2) is 15.5. The number of carbonyl (C=O) groups is 2. The predicted molar refractivity (Wildman–Crippen MR) is 186 cm³/mol. The minimum Gasteiger partial charge on any atom is -0.352 e. The van der Waals surface area contributed by atoms with Crippen molar-refractivity contribution < 1.29 is 18.0 Å². The summed E-state index contributed by atoms with van der Waals surface area (Å²) in [6.45, 7) is 4.66. The lowest BCUT2D eigenvalue weighted by Crippen LogP contribution is -2.54. The molecule has 46 heavy (non-hydrogen) atoms. The molecule has 2 amide bonds. The van der Waals surface area contributed by atoms with Crippen molar-refractivity contribution in [1.82, 2.24) is 10.2 Å². The van der Waals surface area contributed by atoms with Crippen LogP contribution in [0.3, 0.4) is 0 Å². The summed E-state index contributed by atoms with van der Waals surface area (Å²) in [6.07, 6.45) is 0.152. The molecule has 1 N–H and O–H groups in total. The summed E-state index contributed by atoms with van der Waals surface area (Å²) in [5, 5.41) is 3.67. The fourth-order valence-electron chi connectivity index (χ4n) is 4.80. The van der Waals surface area contributed by atoms with Crippen molar-refractivity contribution in [2.75, 3.05) is 10.8 Å². The lowest BCUT2D eigenvalue weighted by molar-refractivity contribution is -0.140. The van der Waals surface area contributed by atoms with Gasteiger partial charge < -0.3 is 10.2 Å². The van der Waals surface area contributed by atoms with Gasteiger partial charge in [-0.1, -0.05) is 107 Å². The fraction of sp³-hybridized carbons (Fsp3) is 0.235. The van der Waals surface area contributed by atoms with E-state index in [1.54, 1.807) is 36.4 Å². The quantitative estimate of drug-likeness (QED) is 0.161. The average Bonchev–Trinajstić information content (AvgIpc) is 3.00. The largest absolute Gasteiger partial charge is 0.352 e. The number of aryl methyl sites for hydroxylation is 1. The molecule has 242 valence electrons. The molecule has 1 atom stereocenters. The van der Waals surface area contributed by atoms with Crippen molar-refractivity contribution in [3.63, 3.8) is 0 Å². The van der Waals surface area contributed by atoms with Crippen molar-refractivity contribution >= 4 is 73.9 Å². The Hall–Kier alpha value is -3.27. The van der Waals surface area contributed by atoms with E-state index in [0.717, 1.165) is 15.4 Å². The summed E-state index contributed by atoms with van der Waals surface area (Å²) in [5.74, 6) is -1.08. The smallest absolute Gasteiger partial charge is 0.264 e. The number of rotatable bonds is 12. The van der Waals surface area contributed by atoms with E-state index >= 15 is 0 Å². The summed E-state index contributed by atoms with van der Waals surface area (Å²) < 4.78 is 29.3. The van der Waals surface area contributed by atoms with E-state index in [1.807, 2.05) is 51.1 Å². The first-order valence-corrected chi connectivity index (χ1v) is 17.3. The van der Waals surface area contributed by atoms with Crippen molar-refractivity contribution in [2.24, 2.45) is 0 Å². The molecule has 0 heterocycles. The number of amides is 2. The molecule has 0 radical (unpaired) electrons. The number of sulfonamides is 1. The number of nitrogens with zero attached hydrogens (tertiary/aromatic N) is 2. The SMILES string of the molecule is Cc1ccc(S(=O)(=O)N(CC(=O)N(Cc2ccc(Cl)cc2Cl)[C@@H](Cc2ccccc2)C(=O)NC(C)C)c2cccc(Cl)c2Cl)cc1. The first kappa shape index (κ1) is 35.6. The highest BCUT2D eigenvalue weighted by Crippen LogP contribution is 2.36. The maximum atomic E-state index is 14.6. The van der Waals surface area contributed by atoms with Crippen LogP contribution in [0.5, 0.6) is 0 Å². The van der Waals surface area contributed by atoms with Crippen molar-refractivity contribution in [1.29, 1.82) is 0 Å². The average molecular weight is 722 g/mol. The van der Waals surface area contributed by atoms with Gasteiger partial charge in [0.05, 0.1) is 20.6 Å². The zero-order chi connectivity index (χ0) is 33.6. The first-order chi connectivity index (χ1) is 21.8. The topological polar surface area (TPSA) is 86.8 Å². The molecule has 0 bridgehead atoms. The van der Waals surface area contributed by atoms with Crippen LogP contribution in [0, 0.1) is 6.92 Å². The second-order valence-corrected chi connectivity index (χ2v) is 14.5. The zero-order valence-corrected chi connectivity index (χ0v) is 29.2. The first-order valence-electron chi connectivity index (χ1n) is 14.4. The van der Waals surface area contributed by atoms with Crippen molar-refractivity contribution in [3.05, 3.63) is 128 Å². The van der Waals surface area contributed by atoms with Crippen LogP contribution in [0.1, 0.15) is 30.5 Å². The van der Waals surface area contributed by atoms with Crippen molar-refractivity contribution in [3.8, 4) is 0 Å². The zero-order valence-electron chi connectivity index (χ0n) is 25.4. The molecule has 4 rings (SSSR count). The molecular formula is C34H33Cl4N3O4S. The Labute approximate surface area is 290 Å². The highest BCUT2D eigenvalue weighted by molar-refractivity contribution is 7.92. The van der Waals surface area contributed by atoms with Gasteiger partial charge in [-0.25, -0.2) is 8.42 Å². The van der Waals surface area contributed by atoms with Gasteiger partial charge in [0.1, 0.15) is 12.6 Å². The molecule has 12 heteroatoms. The van der Waals surface area contributed by atoms with Gasteiger partial charge in [-0.05, 0) is 68.3 Å². The molecule has 0 aliphatic carbocycles. The van der Waals surface area contributed by atoms with Gasteiger partial charge >= 0.3 is 0 Å². The standard InChI is InChI=1S/C34H33Cl4N3O4S/c1-22(2)39-34(43)31(18-24-8-5-4-6-9-24)40(20-25-14-15-26(35)19-29(25)37)32(42)21-41(30-11-7-10-28(36)33(30)38)46(44,45)27-16-12-23(3)13-17-27/h4-17,19,22,31H,18,20-21H2,1-3H3,(H,39,43)/t31-/m0/s1. The number of benzene rings is 4. The molecule has 7 nitrogen and oxygen atoms in total. The van der Waals surface area contributed by atoms with E-state index in [0.29, 0.717) is 10.6 Å². The van der Waals surface area contributed by atoms with Gasteiger partial charge in [0, 0.05) is 29.1 Å². The Morgan fingerprint density at radius 2 is 1.50 bits per heavy atom. The molecule has 0 saturated heterocycles. The minimum absolute atomic E-state index is 0.0128. The number of hydrogen-bond acceptors (Lipinski definition) is 4. The highest BCUT2D eigenvalue weighted by atomic mass is 35.5. The maximum absolute atomic E-state index is 14.6. The molecule has 0 aliphatic rings. The van der Waals surface area contributed by atoms with E-state index in [9.17, 15) is 18.0 Å². The van der Waals surface area contributed by atoms with Crippen LogP contribution >= 0.6 is 46.4 Å². The van der Waals surface area contributed by atoms with Crippen LogP contribution in [-0.2, 0) is 32.6 Å². The molecule has 0 aliphatic heterocycles. The summed E-state index contributed by atoms with van der Waals surface area (Å²) in [7, 11) is -4.35. The normalized spacial score (nSPS) is 12.1. The Balaban J connectivity index is 1.86. The van der Waals surface area contributed by atoms with Crippen LogP contribution in [0.4, 0.5) is 5.69 Å². The molecular weight excluding hydrogens is 688 g/mol. The minimum atomic E-state index is -4.35. The third kappa shape index (κ3) is 8.75. The molecule has 0 unspecified atom stereocenters. The Morgan fingerprint density at radius 1 is 0.826 bits per heavy atom. The van der Waals surface area contributed by atoms with Gasteiger partial charge in [0.2, 0.25) is 11.8 Å². The number of halogens is 4. The van der Waals surface area contributed by atoms with Crippen molar-refractivity contribution in [2.45, 2.75) is 50.7 Å². The summed E-state index contributed by atoms with van der Waals surface area (Å²) in [4.78, 5) is 29.7. The van der Waals surface area contributed by atoms with Gasteiger partial charge in [0.25, 0.3) is 10.0 Å². The van der Waals surface area contributed by atoms with E-state index < -0.39 is 34.4 Å². The summed E-state index contributed by atoms with van der Waals surface area (Å²) in [6, 6.07) is 23.6. The van der Waals surface area contributed by atoms with E-state index in [2.05, 4.69) is 5.32 Å². The van der Waals surface area contributed by atoms with Crippen LogP contribution in [0.25, 0.3) is 0 Å². The van der Waals surface area contributed by atoms with Crippen LogP contribution in [-0.4, -0.2) is 43.8 Å². The van der Waals surface area contributed by atoms with E-state index in [1.165, 1.54) is 29.2 Å². The molecule has 0 saturated carbocycles. The monoisotopic (exact) mass is 719 g/mol. The maximum Gasteiger partial charge on any atom is 0.264 e. The summed E-state index contributed by atoms with van der Waals surface area (Å²) >= 11 is 25.6. The Morgan fingerprint density at radius 3 is 2.13 bits per heavy atom. The molecule has 0 fully saturated rings. The van der Waals surface area contributed by atoms with E-state index in [4.69, 9.17) is 46.4 Å².